The van der Waals surface area contributed by atoms with E-state index in [1.807, 2.05) is 0 Å². The van der Waals surface area contributed by atoms with Gasteiger partial charge in [0.05, 0.1) is 11.5 Å². The number of likely N-dealkylation sites (tertiary alicyclic amines) is 1. The van der Waals surface area contributed by atoms with Crippen LogP contribution in [0.5, 0.6) is 0 Å². The summed E-state index contributed by atoms with van der Waals surface area (Å²) < 4.78 is 1.54. The highest BCUT2D eigenvalue weighted by Gasteiger charge is 2.24. The zero-order valence-electron chi connectivity index (χ0n) is 12.8. The lowest BCUT2D eigenvalue weighted by Gasteiger charge is -2.30. The second kappa shape index (κ2) is 7.55. The number of nitro groups is 1. The van der Waals surface area contributed by atoms with Crippen molar-refractivity contribution in [2.45, 2.75) is 45.7 Å². The van der Waals surface area contributed by atoms with Crippen LogP contribution in [0, 0.1) is 24.0 Å². The molecule has 0 aromatic carbocycles. The smallest absolute Gasteiger partial charge is 0.312 e. The number of carbonyl (C=O) groups is 1. The van der Waals surface area contributed by atoms with Gasteiger partial charge in [-0.15, -0.1) is 12.4 Å². The Balaban J connectivity index is 0.00000242. The third-order valence-corrected chi connectivity index (χ3v) is 3.87. The number of amides is 1. The maximum atomic E-state index is 12.1. The maximum Gasteiger partial charge on any atom is 0.312 e. The van der Waals surface area contributed by atoms with Crippen LogP contribution in [0.2, 0.25) is 0 Å². The summed E-state index contributed by atoms with van der Waals surface area (Å²) in [4.78, 5) is 24.4. The summed E-state index contributed by atoms with van der Waals surface area (Å²) in [5, 5.41) is 15.1. The summed E-state index contributed by atoms with van der Waals surface area (Å²) in [5.41, 5.74) is 6.76. The molecule has 9 heteroatoms. The molecule has 0 spiro atoms. The first kappa shape index (κ1) is 18.4. The first-order chi connectivity index (χ1) is 9.90. The predicted octanol–water partition coefficient (Wildman–Crippen LogP) is 1.17. The number of aryl methyl sites for hydroxylation is 2. The molecule has 8 nitrogen and oxygen atoms in total. The van der Waals surface area contributed by atoms with Crippen molar-refractivity contribution in [1.29, 1.82) is 0 Å². The summed E-state index contributed by atoms with van der Waals surface area (Å²) in [6.45, 7) is 4.94. The molecule has 1 unspecified atom stereocenters. The standard InChI is InChI=1S/C13H21N5O3.ClH/c1-9-13(18(20)21)10(2)17(15-9)7-5-12(19)16-6-3-4-11(14)8-16;/h11H,3-8,14H2,1-2H3;1H. The molecule has 2 rings (SSSR count). The quantitative estimate of drug-likeness (QED) is 0.658. The number of nitrogens with zero attached hydrogens (tertiary/aromatic N) is 4. The molecule has 124 valence electrons. The average molecular weight is 332 g/mol. The minimum atomic E-state index is -0.431. The number of halogens is 1. The lowest BCUT2D eigenvalue weighted by molar-refractivity contribution is -0.386. The van der Waals surface area contributed by atoms with Crippen LogP contribution in [0.15, 0.2) is 0 Å². The van der Waals surface area contributed by atoms with Crippen LogP contribution in [-0.4, -0.2) is 44.6 Å². The van der Waals surface area contributed by atoms with E-state index in [9.17, 15) is 14.9 Å². The van der Waals surface area contributed by atoms with Crippen molar-refractivity contribution >= 4 is 24.0 Å². The number of rotatable bonds is 4. The molecule has 1 aromatic rings. The van der Waals surface area contributed by atoms with Gasteiger partial charge in [-0.25, -0.2) is 0 Å². The zero-order chi connectivity index (χ0) is 15.6. The second-order valence-corrected chi connectivity index (χ2v) is 5.49. The Bertz CT molecular complexity index is 560. The van der Waals surface area contributed by atoms with Gasteiger partial charge in [-0.05, 0) is 26.7 Å². The minimum Gasteiger partial charge on any atom is -0.341 e. The average Bonchev–Trinajstić information content (AvgIpc) is 2.70. The van der Waals surface area contributed by atoms with E-state index in [2.05, 4.69) is 5.10 Å². The number of hydrogen-bond acceptors (Lipinski definition) is 5. The molecule has 1 aliphatic heterocycles. The molecule has 1 aromatic heterocycles. The Kier molecular flexibility index (Phi) is 6.31. The largest absolute Gasteiger partial charge is 0.341 e. The van der Waals surface area contributed by atoms with E-state index in [1.54, 1.807) is 18.7 Å². The first-order valence-corrected chi connectivity index (χ1v) is 7.12. The zero-order valence-corrected chi connectivity index (χ0v) is 13.6. The van der Waals surface area contributed by atoms with E-state index >= 15 is 0 Å². The molecule has 1 amide bonds. The Morgan fingerprint density at radius 1 is 1.50 bits per heavy atom. The molecule has 2 heterocycles. The van der Waals surface area contributed by atoms with Crippen molar-refractivity contribution < 1.29 is 9.72 Å². The molecule has 1 saturated heterocycles. The summed E-state index contributed by atoms with van der Waals surface area (Å²) in [6.07, 6.45) is 2.16. The van der Waals surface area contributed by atoms with Gasteiger partial charge in [0, 0.05) is 25.6 Å². The fraction of sp³-hybridized carbons (Fsp3) is 0.692. The molecule has 1 aliphatic rings. The van der Waals surface area contributed by atoms with Crippen LogP contribution in [0.1, 0.15) is 30.7 Å². The number of aromatic nitrogens is 2. The molecule has 1 fully saturated rings. The van der Waals surface area contributed by atoms with Crippen molar-refractivity contribution in [3.05, 3.63) is 21.5 Å². The van der Waals surface area contributed by atoms with Gasteiger partial charge in [0.15, 0.2) is 0 Å². The number of nitrogens with two attached hydrogens (primary N) is 1. The molecule has 1 atom stereocenters. The van der Waals surface area contributed by atoms with Crippen LogP contribution in [0.4, 0.5) is 5.69 Å². The predicted molar refractivity (Wildman–Crippen MR) is 84.0 cm³/mol. The molecule has 0 aliphatic carbocycles. The van der Waals surface area contributed by atoms with Gasteiger partial charge in [-0.2, -0.15) is 5.10 Å². The molecule has 0 bridgehead atoms. The van der Waals surface area contributed by atoms with Crippen molar-refractivity contribution in [1.82, 2.24) is 14.7 Å². The fourth-order valence-electron chi connectivity index (χ4n) is 2.77. The fourth-order valence-corrected chi connectivity index (χ4v) is 2.77. The second-order valence-electron chi connectivity index (χ2n) is 5.49. The Morgan fingerprint density at radius 3 is 2.73 bits per heavy atom. The molecule has 2 N–H and O–H groups in total. The first-order valence-electron chi connectivity index (χ1n) is 7.12. The van der Waals surface area contributed by atoms with Gasteiger partial charge in [0.1, 0.15) is 11.4 Å². The van der Waals surface area contributed by atoms with Gasteiger partial charge in [-0.3, -0.25) is 19.6 Å². The molecule has 0 radical (unpaired) electrons. The highest BCUT2D eigenvalue weighted by molar-refractivity contribution is 5.85. The highest BCUT2D eigenvalue weighted by atomic mass is 35.5. The summed E-state index contributed by atoms with van der Waals surface area (Å²) in [7, 11) is 0. The Labute approximate surface area is 135 Å². The minimum absolute atomic E-state index is 0. The molecular weight excluding hydrogens is 310 g/mol. The number of carbonyl (C=O) groups excluding carboxylic acids is 1. The number of piperidine rings is 1. The lowest BCUT2D eigenvalue weighted by atomic mass is 10.1. The summed E-state index contributed by atoms with van der Waals surface area (Å²) >= 11 is 0. The van der Waals surface area contributed by atoms with E-state index < -0.39 is 4.92 Å². The van der Waals surface area contributed by atoms with Gasteiger partial charge in [0.2, 0.25) is 5.91 Å². The van der Waals surface area contributed by atoms with Crippen molar-refractivity contribution in [2.24, 2.45) is 5.73 Å². The van der Waals surface area contributed by atoms with Crippen LogP contribution in [0.25, 0.3) is 0 Å². The van der Waals surface area contributed by atoms with Crippen LogP contribution in [0.3, 0.4) is 0 Å². The SMILES string of the molecule is Cc1nn(CCC(=O)N2CCCC(N)C2)c(C)c1[N+](=O)[O-].Cl. The van der Waals surface area contributed by atoms with Gasteiger partial charge in [-0.1, -0.05) is 0 Å². The number of hydrogen-bond donors (Lipinski definition) is 1. The molecule has 0 saturated carbocycles. The van der Waals surface area contributed by atoms with Crippen LogP contribution in [-0.2, 0) is 11.3 Å². The van der Waals surface area contributed by atoms with Gasteiger partial charge < -0.3 is 10.6 Å². The van der Waals surface area contributed by atoms with E-state index in [1.165, 1.54) is 4.68 Å². The van der Waals surface area contributed by atoms with Gasteiger partial charge >= 0.3 is 5.69 Å². The van der Waals surface area contributed by atoms with Crippen molar-refractivity contribution in [2.75, 3.05) is 13.1 Å². The Hall–Kier alpha value is -1.67. The van der Waals surface area contributed by atoms with E-state index in [0.717, 1.165) is 19.4 Å². The van der Waals surface area contributed by atoms with Crippen LogP contribution >= 0.6 is 12.4 Å². The lowest BCUT2D eigenvalue weighted by Crippen LogP contribution is -2.45. The van der Waals surface area contributed by atoms with Crippen molar-refractivity contribution in [3.63, 3.8) is 0 Å². The molecular formula is C13H22ClN5O3. The maximum absolute atomic E-state index is 12.1. The van der Waals surface area contributed by atoms with E-state index in [0.29, 0.717) is 24.5 Å². The van der Waals surface area contributed by atoms with Crippen molar-refractivity contribution in [3.8, 4) is 0 Å². The normalized spacial score (nSPS) is 18.0. The third kappa shape index (κ3) is 3.95. The van der Waals surface area contributed by atoms with E-state index in [-0.39, 0.29) is 36.5 Å². The highest BCUT2D eigenvalue weighted by Crippen LogP contribution is 2.22. The van der Waals surface area contributed by atoms with Crippen LogP contribution < -0.4 is 5.73 Å². The topological polar surface area (TPSA) is 107 Å². The van der Waals surface area contributed by atoms with Gasteiger partial charge in [0.25, 0.3) is 0 Å². The third-order valence-electron chi connectivity index (χ3n) is 3.87. The monoisotopic (exact) mass is 331 g/mol. The molecule has 22 heavy (non-hydrogen) atoms. The van der Waals surface area contributed by atoms with E-state index in [4.69, 9.17) is 5.73 Å². The summed E-state index contributed by atoms with van der Waals surface area (Å²) in [5.74, 6) is 0.0281. The Morgan fingerprint density at radius 2 is 2.18 bits per heavy atom. The summed E-state index contributed by atoms with van der Waals surface area (Å²) in [6, 6.07) is 0.0532.